The standard InChI is InChI=1S/C17H12FN3O4S3/c1-9(22)21(12-5-3-2-4-11(12)18)16-19-10(8-27-16)6-13-15(25)20(7-14(23)24)17(26)28-13/h2-6,8H,7H2,1H3,(H,23,24)/b13-6-. The van der Waals surface area contributed by atoms with Crippen LogP contribution in [0.3, 0.4) is 0 Å². The maximum atomic E-state index is 14.1. The number of nitrogens with zero attached hydrogens (tertiary/aromatic N) is 3. The van der Waals surface area contributed by atoms with E-state index in [0.717, 1.165) is 32.9 Å². The molecule has 1 aromatic heterocycles. The molecule has 0 saturated carbocycles. The number of halogens is 1. The van der Waals surface area contributed by atoms with Gasteiger partial charge in [-0.15, -0.1) is 11.3 Å². The van der Waals surface area contributed by atoms with Gasteiger partial charge in [-0.2, -0.15) is 0 Å². The molecule has 0 spiro atoms. The first-order valence-electron chi connectivity index (χ1n) is 7.76. The topological polar surface area (TPSA) is 90.8 Å². The highest BCUT2D eigenvalue weighted by atomic mass is 32.2. The van der Waals surface area contributed by atoms with Gasteiger partial charge >= 0.3 is 5.97 Å². The first kappa shape index (κ1) is 20.1. The van der Waals surface area contributed by atoms with Crippen LogP contribution in [0.15, 0.2) is 34.6 Å². The Balaban J connectivity index is 1.89. The van der Waals surface area contributed by atoms with E-state index >= 15 is 0 Å². The zero-order valence-electron chi connectivity index (χ0n) is 14.3. The van der Waals surface area contributed by atoms with Crippen molar-refractivity contribution < 1.29 is 23.9 Å². The van der Waals surface area contributed by atoms with E-state index in [2.05, 4.69) is 4.98 Å². The lowest BCUT2D eigenvalue weighted by Crippen LogP contribution is -2.33. The minimum Gasteiger partial charge on any atom is -0.480 e. The van der Waals surface area contributed by atoms with Crippen molar-refractivity contribution in [3.05, 3.63) is 46.1 Å². The fraction of sp³-hybridized carbons (Fsp3) is 0.118. The summed E-state index contributed by atoms with van der Waals surface area (Å²) in [7, 11) is 0. The number of carbonyl (C=O) groups is 3. The average Bonchev–Trinajstić information content (AvgIpc) is 3.17. The second-order valence-electron chi connectivity index (χ2n) is 5.52. The summed E-state index contributed by atoms with van der Waals surface area (Å²) in [4.78, 5) is 41.9. The minimum atomic E-state index is -1.17. The smallest absolute Gasteiger partial charge is 0.323 e. The molecule has 0 bridgehead atoms. The molecule has 0 atom stereocenters. The molecule has 2 amide bonds. The van der Waals surface area contributed by atoms with E-state index in [1.165, 1.54) is 31.2 Å². The third-order valence-corrected chi connectivity index (χ3v) is 5.78. The van der Waals surface area contributed by atoms with Crippen molar-refractivity contribution in [2.45, 2.75) is 6.92 Å². The van der Waals surface area contributed by atoms with Crippen molar-refractivity contribution in [3.63, 3.8) is 0 Å². The Labute approximate surface area is 172 Å². The van der Waals surface area contributed by atoms with Crippen LogP contribution in [-0.2, 0) is 14.4 Å². The number of benzene rings is 1. The van der Waals surface area contributed by atoms with E-state index in [9.17, 15) is 18.8 Å². The summed E-state index contributed by atoms with van der Waals surface area (Å²) in [5, 5.41) is 10.7. The Kier molecular flexibility index (Phi) is 5.87. The van der Waals surface area contributed by atoms with Crippen molar-refractivity contribution in [2.75, 3.05) is 11.4 Å². The van der Waals surface area contributed by atoms with Crippen LogP contribution >= 0.6 is 35.3 Å². The third-order valence-electron chi connectivity index (χ3n) is 3.56. The fourth-order valence-electron chi connectivity index (χ4n) is 2.39. The number of carbonyl (C=O) groups excluding carboxylic acids is 2. The first-order chi connectivity index (χ1) is 13.3. The molecule has 0 unspecified atom stereocenters. The van der Waals surface area contributed by atoms with Gasteiger partial charge in [0, 0.05) is 12.3 Å². The maximum Gasteiger partial charge on any atom is 0.323 e. The quantitative estimate of drug-likeness (QED) is 0.567. The first-order valence-corrected chi connectivity index (χ1v) is 9.86. The van der Waals surface area contributed by atoms with Crippen LogP contribution in [0.25, 0.3) is 6.08 Å². The van der Waals surface area contributed by atoms with Crippen molar-refractivity contribution in [3.8, 4) is 0 Å². The van der Waals surface area contributed by atoms with Gasteiger partial charge in [0.2, 0.25) is 5.91 Å². The van der Waals surface area contributed by atoms with Gasteiger partial charge in [0.05, 0.1) is 16.3 Å². The van der Waals surface area contributed by atoms with Crippen molar-refractivity contribution >= 4 is 74.3 Å². The average molecular weight is 437 g/mol. The normalized spacial score (nSPS) is 15.4. The number of carboxylic acids is 1. The summed E-state index contributed by atoms with van der Waals surface area (Å²) < 4.78 is 14.3. The van der Waals surface area contributed by atoms with Gasteiger partial charge in [-0.3, -0.25) is 24.2 Å². The van der Waals surface area contributed by atoms with E-state index in [1.807, 2.05) is 0 Å². The molecular formula is C17H12FN3O4S3. The van der Waals surface area contributed by atoms with Crippen LogP contribution < -0.4 is 4.90 Å². The van der Waals surface area contributed by atoms with Crippen LogP contribution in [0.5, 0.6) is 0 Å². The van der Waals surface area contributed by atoms with Gasteiger partial charge < -0.3 is 5.11 Å². The van der Waals surface area contributed by atoms with Gasteiger partial charge in [0.1, 0.15) is 16.7 Å². The van der Waals surface area contributed by atoms with Crippen molar-refractivity contribution in [1.29, 1.82) is 0 Å². The highest BCUT2D eigenvalue weighted by molar-refractivity contribution is 8.26. The molecule has 1 fully saturated rings. The summed E-state index contributed by atoms with van der Waals surface area (Å²) in [5.74, 6) is -2.68. The van der Waals surface area contributed by atoms with Crippen LogP contribution in [0.2, 0.25) is 0 Å². The number of rotatable bonds is 5. The monoisotopic (exact) mass is 437 g/mol. The molecule has 1 aromatic carbocycles. The molecule has 2 heterocycles. The lowest BCUT2D eigenvalue weighted by atomic mass is 10.3. The molecule has 11 heteroatoms. The number of thiazole rings is 1. The van der Waals surface area contributed by atoms with Crippen molar-refractivity contribution in [2.24, 2.45) is 0 Å². The molecule has 1 N–H and O–H groups in total. The molecule has 1 aliphatic heterocycles. The molecule has 0 radical (unpaired) electrons. The van der Waals surface area contributed by atoms with Crippen LogP contribution in [-0.4, -0.2) is 43.6 Å². The summed E-state index contributed by atoms with van der Waals surface area (Å²) in [6, 6.07) is 5.84. The van der Waals surface area contributed by atoms with Gasteiger partial charge in [-0.1, -0.05) is 36.1 Å². The highest BCUT2D eigenvalue weighted by Crippen LogP contribution is 2.35. The Hall–Kier alpha value is -2.63. The van der Waals surface area contributed by atoms with Gasteiger partial charge in [0.25, 0.3) is 5.91 Å². The number of thioether (sulfide) groups is 1. The van der Waals surface area contributed by atoms with Crippen molar-refractivity contribution in [1.82, 2.24) is 9.88 Å². The third kappa shape index (κ3) is 4.11. The summed E-state index contributed by atoms with van der Waals surface area (Å²) >= 11 is 7.12. The highest BCUT2D eigenvalue weighted by Gasteiger charge is 2.33. The number of amides is 2. The number of carboxylic acid groups (broad SMARTS) is 1. The van der Waals surface area contributed by atoms with Gasteiger partial charge in [-0.25, -0.2) is 9.37 Å². The number of para-hydroxylation sites is 1. The SMILES string of the molecule is CC(=O)N(c1nc(/C=C2\SC(=S)N(CC(=O)O)C2=O)cs1)c1ccccc1F. The van der Waals surface area contributed by atoms with E-state index in [4.69, 9.17) is 17.3 Å². The predicted molar refractivity (Wildman–Crippen MR) is 109 cm³/mol. The van der Waals surface area contributed by atoms with E-state index in [0.29, 0.717) is 5.69 Å². The Morgan fingerprint density at radius 3 is 2.75 bits per heavy atom. The van der Waals surface area contributed by atoms with Gasteiger partial charge in [0.15, 0.2) is 5.13 Å². The fourth-order valence-corrected chi connectivity index (χ4v) is 4.47. The molecule has 1 aliphatic rings. The molecule has 28 heavy (non-hydrogen) atoms. The molecular weight excluding hydrogens is 425 g/mol. The number of aliphatic carboxylic acids is 1. The Morgan fingerprint density at radius 1 is 1.39 bits per heavy atom. The summed E-state index contributed by atoms with van der Waals surface area (Å²) in [5.41, 5.74) is 0.446. The number of thiocarbonyl (C=S) groups is 1. The molecule has 2 aromatic rings. The molecule has 1 saturated heterocycles. The zero-order chi connectivity index (χ0) is 20.4. The molecule has 3 rings (SSSR count). The van der Waals surface area contributed by atoms with E-state index in [-0.39, 0.29) is 20.0 Å². The van der Waals surface area contributed by atoms with Crippen LogP contribution in [0, 0.1) is 5.82 Å². The number of aromatic nitrogens is 1. The largest absolute Gasteiger partial charge is 0.480 e. The number of anilines is 2. The van der Waals surface area contributed by atoms with Crippen LogP contribution in [0.4, 0.5) is 15.2 Å². The van der Waals surface area contributed by atoms with E-state index in [1.54, 1.807) is 11.4 Å². The Bertz CT molecular complexity index is 1020. The van der Waals surface area contributed by atoms with Crippen LogP contribution in [0.1, 0.15) is 12.6 Å². The number of hydrogen-bond donors (Lipinski definition) is 1. The summed E-state index contributed by atoms with van der Waals surface area (Å²) in [6.45, 7) is 0.778. The second-order valence-corrected chi connectivity index (χ2v) is 8.03. The Morgan fingerprint density at radius 2 is 2.11 bits per heavy atom. The predicted octanol–water partition coefficient (Wildman–Crippen LogP) is 3.25. The minimum absolute atomic E-state index is 0.0729. The number of hydrogen-bond acceptors (Lipinski definition) is 7. The molecule has 0 aliphatic carbocycles. The van der Waals surface area contributed by atoms with Gasteiger partial charge in [-0.05, 0) is 18.2 Å². The lowest BCUT2D eigenvalue weighted by molar-refractivity contribution is -0.140. The molecule has 144 valence electrons. The molecule has 7 nitrogen and oxygen atoms in total. The lowest BCUT2D eigenvalue weighted by Gasteiger charge is -2.18. The second kappa shape index (κ2) is 8.17. The van der Waals surface area contributed by atoms with E-state index < -0.39 is 30.1 Å². The zero-order valence-corrected chi connectivity index (χ0v) is 16.7. The maximum absolute atomic E-state index is 14.1. The summed E-state index contributed by atoms with van der Waals surface area (Å²) in [6.07, 6.45) is 1.46.